The van der Waals surface area contributed by atoms with E-state index in [1.807, 2.05) is 84.9 Å². The number of nitrogens with one attached hydrogen (secondary N) is 1. The molecule has 1 heterocycles. The Hall–Kier alpha value is -2.96. The maximum Gasteiger partial charge on any atom is 0.321 e. The van der Waals surface area contributed by atoms with Crippen LogP contribution in [0.4, 0.5) is 10.5 Å². The molecule has 0 spiro atoms. The number of hydrogen-bond acceptors (Lipinski definition) is 3. The Balaban J connectivity index is 1.31. The lowest BCUT2D eigenvalue weighted by Gasteiger charge is -2.34. The molecule has 1 aliphatic rings. The van der Waals surface area contributed by atoms with Gasteiger partial charge in [0.05, 0.1) is 22.7 Å². The van der Waals surface area contributed by atoms with Crippen molar-refractivity contribution in [3.05, 3.63) is 96.1 Å². The number of carbonyl (C=O) groups excluding carboxylic acids is 1. The number of benzene rings is 3. The minimum atomic E-state index is -1.13. The van der Waals surface area contributed by atoms with Crippen LogP contribution in [0.1, 0.15) is 30.1 Å². The third kappa shape index (κ3) is 5.64. The van der Waals surface area contributed by atoms with Crippen LogP contribution in [0.25, 0.3) is 0 Å². The summed E-state index contributed by atoms with van der Waals surface area (Å²) < 4.78 is 12.6. The highest BCUT2D eigenvalue weighted by atomic mass is 32.2. The fraction of sp³-hybridized carbons (Fsp3) is 0.269. The molecule has 0 radical (unpaired) electrons. The van der Waals surface area contributed by atoms with Crippen LogP contribution in [-0.4, -0.2) is 33.3 Å². The van der Waals surface area contributed by atoms with Gasteiger partial charge in [-0.3, -0.25) is 4.21 Å². The van der Waals surface area contributed by atoms with Crippen LogP contribution in [0.3, 0.4) is 0 Å². The Morgan fingerprint density at radius 2 is 1.62 bits per heavy atom. The normalized spacial score (nSPS) is 16.3. The predicted molar refractivity (Wildman–Crippen MR) is 128 cm³/mol. The second-order valence-electron chi connectivity index (χ2n) is 8.11. The highest BCUT2D eigenvalue weighted by Crippen LogP contribution is 2.30. The summed E-state index contributed by atoms with van der Waals surface area (Å²) >= 11 is 0. The van der Waals surface area contributed by atoms with Crippen molar-refractivity contribution in [1.29, 1.82) is 0 Å². The number of anilines is 1. The number of nitrogens with zero attached hydrogens (tertiary/aromatic N) is 1. The Bertz CT molecular complexity index is 1050. The molecule has 166 valence electrons. The zero-order chi connectivity index (χ0) is 22.3. The fourth-order valence-electron chi connectivity index (χ4n) is 4.09. The van der Waals surface area contributed by atoms with Gasteiger partial charge in [-0.15, -0.1) is 0 Å². The first-order chi connectivity index (χ1) is 15.6. The zero-order valence-electron chi connectivity index (χ0n) is 17.9. The van der Waals surface area contributed by atoms with Crippen molar-refractivity contribution in [3.8, 4) is 0 Å². The van der Waals surface area contributed by atoms with Gasteiger partial charge in [-0.25, -0.2) is 4.79 Å². The van der Waals surface area contributed by atoms with E-state index in [1.54, 1.807) is 4.90 Å². The number of hydrogen-bond donors (Lipinski definition) is 2. The maximum atomic E-state index is 12.8. The smallest absolute Gasteiger partial charge is 0.321 e. The van der Waals surface area contributed by atoms with Gasteiger partial charge in [0, 0.05) is 23.7 Å². The number of urea groups is 1. The van der Waals surface area contributed by atoms with E-state index in [4.69, 9.17) is 0 Å². The van der Waals surface area contributed by atoms with Crippen LogP contribution in [0.5, 0.6) is 0 Å². The number of rotatable bonds is 6. The molecule has 0 bridgehead atoms. The fourth-order valence-corrected chi connectivity index (χ4v) is 5.20. The van der Waals surface area contributed by atoms with Crippen molar-refractivity contribution in [2.75, 3.05) is 18.4 Å². The standard InChI is InChI=1S/C26H28N2O3S/c29-25(21-9-3-1-4-10-21)22-14-16-28(17-15-22)26(30)27-23-11-7-8-20(18-23)19-32(31)24-12-5-2-6-13-24/h1-13,18,22,25,29H,14-17,19H2,(H,27,30). The van der Waals surface area contributed by atoms with Gasteiger partial charge in [-0.1, -0.05) is 60.7 Å². The molecular formula is C26H28N2O3S. The Morgan fingerprint density at radius 3 is 2.31 bits per heavy atom. The Kier molecular flexibility index (Phi) is 7.35. The predicted octanol–water partition coefficient (Wildman–Crippen LogP) is 4.97. The van der Waals surface area contributed by atoms with E-state index in [0.29, 0.717) is 24.5 Å². The van der Waals surface area contributed by atoms with Crippen LogP contribution in [0.2, 0.25) is 0 Å². The number of amides is 2. The van der Waals surface area contributed by atoms with E-state index in [-0.39, 0.29) is 11.9 Å². The van der Waals surface area contributed by atoms with Gasteiger partial charge in [0.2, 0.25) is 0 Å². The molecule has 1 saturated heterocycles. The van der Waals surface area contributed by atoms with Gasteiger partial charge in [0.1, 0.15) is 0 Å². The van der Waals surface area contributed by atoms with Crippen molar-refractivity contribution in [2.24, 2.45) is 5.92 Å². The summed E-state index contributed by atoms with van der Waals surface area (Å²) in [5, 5.41) is 13.6. The molecule has 2 atom stereocenters. The molecule has 1 aliphatic heterocycles. The summed E-state index contributed by atoms with van der Waals surface area (Å²) in [7, 11) is -1.13. The highest BCUT2D eigenvalue weighted by molar-refractivity contribution is 7.84. The van der Waals surface area contributed by atoms with Crippen LogP contribution in [-0.2, 0) is 16.6 Å². The van der Waals surface area contributed by atoms with Gasteiger partial charge < -0.3 is 15.3 Å². The number of aliphatic hydroxyl groups is 1. The first-order valence-electron chi connectivity index (χ1n) is 10.9. The molecule has 6 heteroatoms. The van der Waals surface area contributed by atoms with E-state index < -0.39 is 16.9 Å². The van der Waals surface area contributed by atoms with Gasteiger partial charge in [-0.2, -0.15) is 0 Å². The summed E-state index contributed by atoms with van der Waals surface area (Å²) in [6.07, 6.45) is 1.03. The van der Waals surface area contributed by atoms with Crippen molar-refractivity contribution in [1.82, 2.24) is 4.90 Å². The average Bonchev–Trinajstić information content (AvgIpc) is 2.85. The Labute approximate surface area is 191 Å². The molecule has 3 aromatic carbocycles. The number of carbonyl (C=O) groups is 1. The average molecular weight is 449 g/mol. The molecule has 2 unspecified atom stereocenters. The van der Waals surface area contributed by atoms with Crippen molar-refractivity contribution in [2.45, 2.75) is 29.6 Å². The lowest BCUT2D eigenvalue weighted by molar-refractivity contribution is 0.0683. The van der Waals surface area contributed by atoms with Gasteiger partial charge in [-0.05, 0) is 54.2 Å². The summed E-state index contributed by atoms with van der Waals surface area (Å²) in [5.41, 5.74) is 2.54. The molecule has 3 aromatic rings. The summed E-state index contributed by atoms with van der Waals surface area (Å²) in [5.74, 6) is 0.550. The maximum absolute atomic E-state index is 12.8. The van der Waals surface area contributed by atoms with Crippen LogP contribution >= 0.6 is 0 Å². The number of piperidine rings is 1. The first kappa shape index (κ1) is 22.2. The first-order valence-corrected chi connectivity index (χ1v) is 12.2. The molecule has 2 amide bonds. The molecule has 2 N–H and O–H groups in total. The molecule has 0 aliphatic carbocycles. The monoisotopic (exact) mass is 448 g/mol. The van der Waals surface area contributed by atoms with Crippen LogP contribution < -0.4 is 5.32 Å². The van der Waals surface area contributed by atoms with Crippen molar-refractivity contribution in [3.63, 3.8) is 0 Å². The minimum Gasteiger partial charge on any atom is -0.388 e. The molecule has 1 fully saturated rings. The van der Waals surface area contributed by atoms with E-state index >= 15 is 0 Å². The largest absolute Gasteiger partial charge is 0.388 e. The van der Waals surface area contributed by atoms with E-state index in [9.17, 15) is 14.1 Å². The summed E-state index contributed by atoms with van der Waals surface area (Å²) in [6, 6.07) is 26.5. The molecule has 0 aromatic heterocycles. The van der Waals surface area contributed by atoms with Crippen LogP contribution in [0, 0.1) is 5.92 Å². The van der Waals surface area contributed by atoms with E-state index in [0.717, 1.165) is 28.9 Å². The molecular weight excluding hydrogens is 420 g/mol. The SMILES string of the molecule is O=C(Nc1cccc(CS(=O)c2ccccc2)c1)N1CCC(C(O)c2ccccc2)CC1. The summed E-state index contributed by atoms with van der Waals surface area (Å²) in [6.45, 7) is 1.22. The Morgan fingerprint density at radius 1 is 0.969 bits per heavy atom. The lowest BCUT2D eigenvalue weighted by atomic mass is 9.87. The van der Waals surface area contributed by atoms with Gasteiger partial charge in [0.15, 0.2) is 0 Å². The van der Waals surface area contributed by atoms with Crippen LogP contribution in [0.15, 0.2) is 89.8 Å². The van der Waals surface area contributed by atoms with Gasteiger partial charge in [0.25, 0.3) is 0 Å². The molecule has 32 heavy (non-hydrogen) atoms. The number of aliphatic hydroxyl groups excluding tert-OH is 1. The third-order valence-electron chi connectivity index (χ3n) is 5.90. The molecule has 4 rings (SSSR count). The second kappa shape index (κ2) is 10.6. The highest BCUT2D eigenvalue weighted by Gasteiger charge is 2.28. The summed E-state index contributed by atoms with van der Waals surface area (Å²) in [4.78, 5) is 15.3. The zero-order valence-corrected chi connectivity index (χ0v) is 18.7. The molecule has 5 nitrogen and oxygen atoms in total. The third-order valence-corrected chi connectivity index (χ3v) is 7.29. The second-order valence-corrected chi connectivity index (χ2v) is 9.56. The van der Waals surface area contributed by atoms with Crippen molar-refractivity contribution < 1.29 is 14.1 Å². The van der Waals surface area contributed by atoms with Gasteiger partial charge >= 0.3 is 6.03 Å². The molecule has 0 saturated carbocycles. The quantitative estimate of drug-likeness (QED) is 0.559. The lowest BCUT2D eigenvalue weighted by Crippen LogP contribution is -2.42. The number of likely N-dealkylation sites (tertiary alicyclic amines) is 1. The van der Waals surface area contributed by atoms with Crippen molar-refractivity contribution >= 4 is 22.5 Å². The minimum absolute atomic E-state index is 0.140. The van der Waals surface area contributed by atoms with E-state index in [2.05, 4.69) is 5.32 Å². The van der Waals surface area contributed by atoms with E-state index in [1.165, 1.54) is 0 Å². The topological polar surface area (TPSA) is 69.6 Å².